The Morgan fingerprint density at radius 1 is 1.10 bits per heavy atom. The second kappa shape index (κ2) is 5.19. The number of halogens is 2. The van der Waals surface area contributed by atoms with E-state index in [0.29, 0.717) is 10.6 Å². The summed E-state index contributed by atoms with van der Waals surface area (Å²) < 4.78 is 14.0. The molecule has 2 N–H and O–H groups in total. The summed E-state index contributed by atoms with van der Waals surface area (Å²) in [6, 6.07) is 11.6. The van der Waals surface area contributed by atoms with Gasteiger partial charge in [-0.25, -0.2) is 4.39 Å². The molecule has 100 valence electrons. The maximum Gasteiger partial charge on any atom is 0.129 e. The normalized spacial score (nSPS) is 12.6. The lowest BCUT2D eigenvalue weighted by Gasteiger charge is -2.17. The lowest BCUT2D eigenvalue weighted by Crippen LogP contribution is -2.14. The molecule has 0 bridgehead atoms. The Labute approximate surface area is 121 Å². The Balaban J connectivity index is 2.21. The fourth-order valence-corrected chi connectivity index (χ4v) is 2.65. The zero-order chi connectivity index (χ0) is 14.1. The highest BCUT2D eigenvalue weighted by Gasteiger charge is 2.18. The zero-order valence-electron chi connectivity index (χ0n) is 10.6. The van der Waals surface area contributed by atoms with Crippen LogP contribution in [0.25, 0.3) is 10.8 Å². The van der Waals surface area contributed by atoms with Crippen LogP contribution in [0.2, 0.25) is 5.02 Å². The van der Waals surface area contributed by atoms with E-state index >= 15 is 0 Å². The third kappa shape index (κ3) is 2.15. The Hall–Kier alpha value is -1.97. The van der Waals surface area contributed by atoms with E-state index in [1.807, 2.05) is 24.3 Å². The van der Waals surface area contributed by atoms with Gasteiger partial charge in [-0.15, -0.1) is 0 Å². The van der Waals surface area contributed by atoms with Gasteiger partial charge in [0.05, 0.1) is 6.04 Å². The van der Waals surface area contributed by atoms with E-state index in [2.05, 4.69) is 4.98 Å². The molecule has 1 unspecified atom stereocenters. The summed E-state index contributed by atoms with van der Waals surface area (Å²) in [5, 5.41) is 2.25. The van der Waals surface area contributed by atoms with Crippen molar-refractivity contribution in [1.29, 1.82) is 0 Å². The maximum absolute atomic E-state index is 14.0. The average Bonchev–Trinajstić information content (AvgIpc) is 2.46. The van der Waals surface area contributed by atoms with Crippen molar-refractivity contribution in [3.8, 4) is 0 Å². The summed E-state index contributed by atoms with van der Waals surface area (Å²) in [7, 11) is 0. The molecule has 0 aliphatic rings. The third-order valence-corrected chi connectivity index (χ3v) is 3.69. The van der Waals surface area contributed by atoms with Gasteiger partial charge in [0, 0.05) is 28.4 Å². The zero-order valence-corrected chi connectivity index (χ0v) is 11.3. The van der Waals surface area contributed by atoms with Crippen LogP contribution in [0, 0.1) is 5.82 Å². The monoisotopic (exact) mass is 286 g/mol. The summed E-state index contributed by atoms with van der Waals surface area (Å²) in [6.45, 7) is 0. The van der Waals surface area contributed by atoms with Gasteiger partial charge in [0.15, 0.2) is 0 Å². The number of hydrogen-bond donors (Lipinski definition) is 1. The second-order valence-electron chi connectivity index (χ2n) is 4.56. The highest BCUT2D eigenvalue weighted by Crippen LogP contribution is 2.32. The first kappa shape index (κ1) is 13.0. The van der Waals surface area contributed by atoms with Crippen molar-refractivity contribution < 1.29 is 4.39 Å². The molecule has 0 spiro atoms. The number of rotatable bonds is 2. The molecule has 0 fully saturated rings. The molecule has 20 heavy (non-hydrogen) atoms. The standard InChI is InChI=1S/C16H12ClFN2/c17-13-5-2-6-14(18)15(13)16(19)11-4-1-3-10-7-8-20-9-12(10)11/h1-9,16H,19H2. The molecule has 1 atom stereocenters. The van der Waals surface area contributed by atoms with Gasteiger partial charge >= 0.3 is 0 Å². The first-order valence-corrected chi connectivity index (χ1v) is 6.58. The molecule has 3 aromatic rings. The summed E-state index contributed by atoms with van der Waals surface area (Å²) in [6.07, 6.45) is 3.45. The maximum atomic E-state index is 14.0. The fourth-order valence-electron chi connectivity index (χ4n) is 2.37. The van der Waals surface area contributed by atoms with Gasteiger partial charge < -0.3 is 5.73 Å². The van der Waals surface area contributed by atoms with Crippen molar-refractivity contribution in [3.05, 3.63) is 76.8 Å². The number of aromatic nitrogens is 1. The molecule has 0 aliphatic carbocycles. The van der Waals surface area contributed by atoms with Gasteiger partial charge in [-0.2, -0.15) is 0 Å². The quantitative estimate of drug-likeness (QED) is 0.771. The smallest absolute Gasteiger partial charge is 0.129 e. The van der Waals surface area contributed by atoms with Gasteiger partial charge in [-0.3, -0.25) is 4.98 Å². The molecule has 2 aromatic carbocycles. The lowest BCUT2D eigenvalue weighted by atomic mass is 9.95. The second-order valence-corrected chi connectivity index (χ2v) is 4.96. The number of nitrogens with zero attached hydrogens (tertiary/aromatic N) is 1. The minimum Gasteiger partial charge on any atom is -0.320 e. The molecule has 3 rings (SSSR count). The molecular weight excluding hydrogens is 275 g/mol. The highest BCUT2D eigenvalue weighted by atomic mass is 35.5. The predicted molar refractivity (Wildman–Crippen MR) is 79.2 cm³/mol. The van der Waals surface area contributed by atoms with E-state index in [4.69, 9.17) is 17.3 Å². The number of pyridine rings is 1. The lowest BCUT2D eigenvalue weighted by molar-refractivity contribution is 0.600. The first-order chi connectivity index (χ1) is 9.68. The summed E-state index contributed by atoms with van der Waals surface area (Å²) in [4.78, 5) is 4.11. The van der Waals surface area contributed by atoms with Crippen LogP contribution in [0.5, 0.6) is 0 Å². The van der Waals surface area contributed by atoms with Gasteiger partial charge in [-0.1, -0.05) is 35.9 Å². The Morgan fingerprint density at radius 2 is 1.90 bits per heavy atom. The highest BCUT2D eigenvalue weighted by molar-refractivity contribution is 6.31. The van der Waals surface area contributed by atoms with E-state index < -0.39 is 11.9 Å². The summed E-state index contributed by atoms with van der Waals surface area (Å²) >= 11 is 6.09. The number of hydrogen-bond acceptors (Lipinski definition) is 2. The molecule has 0 amide bonds. The largest absolute Gasteiger partial charge is 0.320 e. The fraction of sp³-hybridized carbons (Fsp3) is 0.0625. The van der Waals surface area contributed by atoms with E-state index in [1.54, 1.807) is 24.5 Å². The van der Waals surface area contributed by atoms with Crippen molar-refractivity contribution in [2.45, 2.75) is 6.04 Å². The molecule has 2 nitrogen and oxygen atoms in total. The van der Waals surface area contributed by atoms with Crippen LogP contribution in [0.1, 0.15) is 17.2 Å². The van der Waals surface area contributed by atoms with Crippen LogP contribution in [-0.2, 0) is 0 Å². The molecule has 1 aromatic heterocycles. The van der Waals surface area contributed by atoms with Crippen molar-refractivity contribution in [2.75, 3.05) is 0 Å². The van der Waals surface area contributed by atoms with E-state index in [1.165, 1.54) is 6.07 Å². The van der Waals surface area contributed by atoms with Gasteiger partial charge in [0.1, 0.15) is 5.82 Å². The van der Waals surface area contributed by atoms with E-state index in [-0.39, 0.29) is 0 Å². The van der Waals surface area contributed by atoms with Gasteiger partial charge in [0.25, 0.3) is 0 Å². The van der Waals surface area contributed by atoms with Gasteiger partial charge in [0.2, 0.25) is 0 Å². The van der Waals surface area contributed by atoms with Crippen LogP contribution in [0.15, 0.2) is 54.9 Å². The molecule has 0 aliphatic heterocycles. The van der Waals surface area contributed by atoms with E-state index in [0.717, 1.165) is 16.3 Å². The Bertz CT molecular complexity index is 748. The minimum atomic E-state index is -0.628. The number of fused-ring (bicyclic) bond motifs is 1. The molecule has 0 radical (unpaired) electrons. The number of benzene rings is 2. The average molecular weight is 287 g/mol. The van der Waals surface area contributed by atoms with Crippen molar-refractivity contribution >= 4 is 22.4 Å². The molecule has 0 saturated heterocycles. The third-order valence-electron chi connectivity index (χ3n) is 3.36. The molecule has 0 saturated carbocycles. The Morgan fingerprint density at radius 3 is 2.70 bits per heavy atom. The summed E-state index contributed by atoms with van der Waals surface area (Å²) in [5.74, 6) is -0.397. The number of nitrogens with two attached hydrogens (primary N) is 1. The molecule has 1 heterocycles. The molecule has 4 heteroatoms. The van der Waals surface area contributed by atoms with Crippen LogP contribution >= 0.6 is 11.6 Å². The Kier molecular flexibility index (Phi) is 3.38. The van der Waals surface area contributed by atoms with E-state index in [9.17, 15) is 4.39 Å². The van der Waals surface area contributed by atoms with Crippen molar-refractivity contribution in [2.24, 2.45) is 5.73 Å². The summed E-state index contributed by atoms with van der Waals surface area (Å²) in [5.41, 5.74) is 7.35. The SMILES string of the molecule is NC(c1c(F)cccc1Cl)c1cccc2ccncc12. The van der Waals surface area contributed by atoms with Crippen LogP contribution in [0.3, 0.4) is 0 Å². The minimum absolute atomic E-state index is 0.311. The van der Waals surface area contributed by atoms with Crippen LogP contribution in [0.4, 0.5) is 4.39 Å². The van der Waals surface area contributed by atoms with Crippen molar-refractivity contribution in [3.63, 3.8) is 0 Å². The van der Waals surface area contributed by atoms with Crippen molar-refractivity contribution in [1.82, 2.24) is 4.98 Å². The van der Waals surface area contributed by atoms with Crippen LogP contribution < -0.4 is 5.73 Å². The predicted octanol–water partition coefficient (Wildman–Crippen LogP) is 4.08. The van der Waals surface area contributed by atoms with Crippen LogP contribution in [-0.4, -0.2) is 4.98 Å². The van der Waals surface area contributed by atoms with Gasteiger partial charge in [-0.05, 0) is 29.1 Å². The topological polar surface area (TPSA) is 38.9 Å². The first-order valence-electron chi connectivity index (χ1n) is 6.20. The molecular formula is C16H12ClFN2.